The van der Waals surface area contributed by atoms with E-state index >= 15 is 0 Å². The molecule has 0 spiro atoms. The zero-order valence-corrected chi connectivity index (χ0v) is 15.6. The second-order valence-corrected chi connectivity index (χ2v) is 7.73. The average Bonchev–Trinajstić information content (AvgIpc) is 2.81. The molecule has 21 heavy (non-hydrogen) atoms. The molecule has 2 rings (SSSR count). The molecule has 0 saturated heterocycles. The Balaban J connectivity index is 2.23. The lowest BCUT2D eigenvalue weighted by Crippen LogP contribution is -2.18. The number of aromatic nitrogens is 1. The van der Waals surface area contributed by atoms with Crippen LogP contribution in [0.2, 0.25) is 0 Å². The molecule has 1 aromatic heterocycles. The van der Waals surface area contributed by atoms with Gasteiger partial charge in [0.2, 0.25) is 0 Å². The van der Waals surface area contributed by atoms with Crippen LogP contribution in [0.3, 0.4) is 0 Å². The molecule has 114 valence electrons. The molecule has 1 aromatic carbocycles. The molecule has 0 aliphatic rings. The Morgan fingerprint density at radius 2 is 2.10 bits per heavy atom. The van der Waals surface area contributed by atoms with E-state index < -0.39 is 0 Å². The van der Waals surface area contributed by atoms with E-state index in [4.69, 9.17) is 4.98 Å². The molecule has 1 N–H and O–H groups in total. The number of hydrogen-bond acceptors (Lipinski definition) is 3. The summed E-state index contributed by atoms with van der Waals surface area (Å²) in [5, 5.41) is 4.66. The van der Waals surface area contributed by atoms with Crippen molar-refractivity contribution in [3.05, 3.63) is 38.8 Å². The number of aryl methyl sites for hydroxylation is 2. The summed E-state index contributed by atoms with van der Waals surface area (Å²) >= 11 is 5.34. The van der Waals surface area contributed by atoms with Crippen molar-refractivity contribution in [3.8, 4) is 10.6 Å². The van der Waals surface area contributed by atoms with Crippen LogP contribution in [0.15, 0.2) is 22.7 Å². The predicted octanol–water partition coefficient (Wildman–Crippen LogP) is 5.19. The highest BCUT2D eigenvalue weighted by Gasteiger charge is 2.13. The predicted molar refractivity (Wildman–Crippen MR) is 95.9 cm³/mol. The lowest BCUT2D eigenvalue weighted by molar-refractivity contribution is 0.553. The van der Waals surface area contributed by atoms with Gasteiger partial charge in [0, 0.05) is 21.5 Å². The van der Waals surface area contributed by atoms with Gasteiger partial charge in [0.1, 0.15) is 5.01 Å². The van der Waals surface area contributed by atoms with Crippen LogP contribution < -0.4 is 5.32 Å². The minimum absolute atomic E-state index is 0.677. The lowest BCUT2D eigenvalue weighted by atomic mass is 10.1. The van der Waals surface area contributed by atoms with Gasteiger partial charge in [-0.1, -0.05) is 42.8 Å². The molecule has 0 bridgehead atoms. The van der Waals surface area contributed by atoms with Crippen molar-refractivity contribution in [2.24, 2.45) is 5.92 Å². The first-order valence-corrected chi connectivity index (χ1v) is 9.08. The standard InChI is InChI=1S/C17H23BrN2S/c1-5-15-16(10-19-9-11(2)3)21-17(20-15)14-7-6-13(18)8-12(14)4/h6-8,11,19H,5,9-10H2,1-4H3. The van der Waals surface area contributed by atoms with Crippen LogP contribution in [0.25, 0.3) is 10.6 Å². The van der Waals surface area contributed by atoms with Crippen LogP contribution in [-0.4, -0.2) is 11.5 Å². The van der Waals surface area contributed by atoms with Crippen molar-refractivity contribution in [1.29, 1.82) is 0 Å². The van der Waals surface area contributed by atoms with Gasteiger partial charge in [-0.15, -0.1) is 11.3 Å². The smallest absolute Gasteiger partial charge is 0.124 e. The number of benzene rings is 1. The van der Waals surface area contributed by atoms with Crippen molar-refractivity contribution >= 4 is 27.3 Å². The molecule has 2 nitrogen and oxygen atoms in total. The monoisotopic (exact) mass is 366 g/mol. The van der Waals surface area contributed by atoms with Gasteiger partial charge in [-0.25, -0.2) is 4.98 Å². The molecule has 0 radical (unpaired) electrons. The summed E-state index contributed by atoms with van der Waals surface area (Å²) in [5.74, 6) is 0.677. The Hall–Kier alpha value is -0.710. The van der Waals surface area contributed by atoms with Crippen molar-refractivity contribution in [2.45, 2.75) is 40.7 Å². The van der Waals surface area contributed by atoms with Crippen molar-refractivity contribution < 1.29 is 0 Å². The Labute approximate surface area is 140 Å². The molecule has 2 aromatic rings. The highest BCUT2D eigenvalue weighted by Crippen LogP contribution is 2.32. The van der Waals surface area contributed by atoms with E-state index in [1.165, 1.54) is 21.7 Å². The minimum Gasteiger partial charge on any atom is -0.312 e. The summed E-state index contributed by atoms with van der Waals surface area (Å²) in [6.45, 7) is 10.8. The van der Waals surface area contributed by atoms with Crippen molar-refractivity contribution in [3.63, 3.8) is 0 Å². The highest BCUT2D eigenvalue weighted by atomic mass is 79.9. The molecule has 0 unspecified atom stereocenters. The molecule has 0 saturated carbocycles. The third-order valence-electron chi connectivity index (χ3n) is 3.37. The number of thiazole rings is 1. The van der Waals surface area contributed by atoms with E-state index in [0.29, 0.717) is 5.92 Å². The van der Waals surface area contributed by atoms with Gasteiger partial charge in [0.25, 0.3) is 0 Å². The fraction of sp³-hybridized carbons (Fsp3) is 0.471. The number of rotatable bonds is 6. The maximum absolute atomic E-state index is 4.85. The van der Waals surface area contributed by atoms with Gasteiger partial charge in [0.05, 0.1) is 5.69 Å². The zero-order valence-electron chi connectivity index (χ0n) is 13.2. The SMILES string of the molecule is CCc1nc(-c2ccc(Br)cc2C)sc1CNCC(C)C. The van der Waals surface area contributed by atoms with Gasteiger partial charge in [0.15, 0.2) is 0 Å². The summed E-state index contributed by atoms with van der Waals surface area (Å²) < 4.78 is 1.12. The third kappa shape index (κ3) is 4.38. The number of nitrogens with zero attached hydrogens (tertiary/aromatic N) is 1. The van der Waals surface area contributed by atoms with E-state index in [1.54, 1.807) is 0 Å². The summed E-state index contributed by atoms with van der Waals surface area (Å²) in [5.41, 5.74) is 3.74. The van der Waals surface area contributed by atoms with E-state index in [-0.39, 0.29) is 0 Å². The first kappa shape index (κ1) is 16.7. The number of halogens is 1. The van der Waals surface area contributed by atoms with Gasteiger partial charge >= 0.3 is 0 Å². The second-order valence-electron chi connectivity index (χ2n) is 5.73. The minimum atomic E-state index is 0.677. The molecule has 1 heterocycles. The average molecular weight is 367 g/mol. The van der Waals surface area contributed by atoms with Crippen molar-refractivity contribution in [1.82, 2.24) is 10.3 Å². The fourth-order valence-electron chi connectivity index (χ4n) is 2.25. The van der Waals surface area contributed by atoms with E-state index in [9.17, 15) is 0 Å². The molecule has 0 aliphatic carbocycles. The summed E-state index contributed by atoms with van der Waals surface area (Å²) in [6, 6.07) is 6.40. The van der Waals surface area contributed by atoms with Crippen LogP contribution >= 0.6 is 27.3 Å². The number of hydrogen-bond donors (Lipinski definition) is 1. The van der Waals surface area contributed by atoms with Crippen LogP contribution in [0.4, 0.5) is 0 Å². The van der Waals surface area contributed by atoms with Gasteiger partial charge in [-0.05, 0) is 43.5 Å². The molecule has 0 atom stereocenters. The quantitative estimate of drug-likeness (QED) is 0.760. The molecule has 0 amide bonds. The van der Waals surface area contributed by atoms with Gasteiger partial charge < -0.3 is 5.32 Å². The largest absolute Gasteiger partial charge is 0.312 e. The molecule has 4 heteroatoms. The van der Waals surface area contributed by atoms with E-state index in [1.807, 2.05) is 11.3 Å². The summed E-state index contributed by atoms with van der Waals surface area (Å²) in [7, 11) is 0. The van der Waals surface area contributed by atoms with E-state index in [2.05, 4.69) is 67.1 Å². The van der Waals surface area contributed by atoms with E-state index in [0.717, 1.165) is 29.0 Å². The summed E-state index contributed by atoms with van der Waals surface area (Å²) in [6.07, 6.45) is 0.991. The maximum Gasteiger partial charge on any atom is 0.124 e. The molecular formula is C17H23BrN2S. The summed E-state index contributed by atoms with van der Waals surface area (Å²) in [4.78, 5) is 6.22. The molecule has 0 aliphatic heterocycles. The van der Waals surface area contributed by atoms with Gasteiger partial charge in [-0.2, -0.15) is 0 Å². The number of nitrogens with one attached hydrogen (secondary N) is 1. The normalized spacial score (nSPS) is 11.3. The van der Waals surface area contributed by atoms with Crippen molar-refractivity contribution in [2.75, 3.05) is 6.54 Å². The van der Waals surface area contributed by atoms with Gasteiger partial charge in [-0.3, -0.25) is 0 Å². The fourth-order valence-corrected chi connectivity index (χ4v) is 3.94. The molecule has 0 fully saturated rings. The highest BCUT2D eigenvalue weighted by molar-refractivity contribution is 9.10. The Morgan fingerprint density at radius 3 is 2.71 bits per heavy atom. The zero-order chi connectivity index (χ0) is 15.4. The first-order chi connectivity index (χ1) is 10.0. The lowest BCUT2D eigenvalue weighted by Gasteiger charge is -2.06. The molecular weight excluding hydrogens is 344 g/mol. The Morgan fingerprint density at radius 1 is 1.33 bits per heavy atom. The van der Waals surface area contributed by atoms with Crippen LogP contribution in [0.5, 0.6) is 0 Å². The maximum atomic E-state index is 4.85. The van der Waals surface area contributed by atoms with Crippen LogP contribution in [0.1, 0.15) is 36.9 Å². The Bertz CT molecular complexity index is 605. The Kier molecular flexibility index (Phi) is 5.97. The van der Waals surface area contributed by atoms with Crippen LogP contribution in [-0.2, 0) is 13.0 Å². The first-order valence-electron chi connectivity index (χ1n) is 7.47. The second kappa shape index (κ2) is 7.52. The topological polar surface area (TPSA) is 24.9 Å². The van der Waals surface area contributed by atoms with Crippen LogP contribution in [0, 0.1) is 12.8 Å². The third-order valence-corrected chi connectivity index (χ3v) is 4.99.